The van der Waals surface area contributed by atoms with Gasteiger partial charge in [0.1, 0.15) is 6.10 Å². The van der Waals surface area contributed by atoms with Crippen molar-refractivity contribution < 1.29 is 19.3 Å². The van der Waals surface area contributed by atoms with Gasteiger partial charge in [-0.05, 0) is 19.8 Å². The highest BCUT2D eigenvalue weighted by Gasteiger charge is 2.35. The van der Waals surface area contributed by atoms with E-state index < -0.39 is 6.29 Å². The lowest BCUT2D eigenvalue weighted by Crippen LogP contribution is -2.48. The third-order valence-electron chi connectivity index (χ3n) is 3.32. The van der Waals surface area contributed by atoms with Crippen molar-refractivity contribution in [3.05, 3.63) is 0 Å². The molecule has 0 aromatic rings. The minimum absolute atomic E-state index is 0.0339. The highest BCUT2D eigenvalue weighted by atomic mass is 16.7. The lowest BCUT2D eigenvalue weighted by atomic mass is 10.0. The number of aliphatic hydroxyl groups is 1. The summed E-state index contributed by atoms with van der Waals surface area (Å²) >= 11 is 0. The predicted molar refractivity (Wildman–Crippen MR) is 70.5 cm³/mol. The molecule has 1 N–H and O–H groups in total. The van der Waals surface area contributed by atoms with Crippen LogP contribution in [0.3, 0.4) is 0 Å². The van der Waals surface area contributed by atoms with Gasteiger partial charge in [-0.2, -0.15) is 0 Å². The summed E-state index contributed by atoms with van der Waals surface area (Å²) in [4.78, 5) is 0. The largest absolute Gasteiger partial charge is 0.375 e. The molecular weight excluding hydrogens is 232 g/mol. The molecule has 1 aliphatic heterocycles. The molecule has 0 spiro atoms. The Morgan fingerprint density at radius 1 is 1.06 bits per heavy atom. The summed E-state index contributed by atoms with van der Waals surface area (Å²) in [5.41, 5.74) is 0. The first kappa shape index (κ1) is 15.9. The van der Waals surface area contributed by atoms with Crippen LogP contribution in [0.1, 0.15) is 52.9 Å². The summed E-state index contributed by atoms with van der Waals surface area (Å²) in [5, 5.41) is 9.83. The molecule has 0 aromatic carbocycles. The topological polar surface area (TPSA) is 47.9 Å². The van der Waals surface area contributed by atoms with Gasteiger partial charge in [0.15, 0.2) is 6.29 Å². The van der Waals surface area contributed by atoms with E-state index in [4.69, 9.17) is 14.2 Å². The Labute approximate surface area is 111 Å². The molecule has 1 aliphatic rings. The standard InChI is InChI=1S/C14H28O4/c1-4-6-8-16-12-10-13(17-9-7-5-2)14(15)18-11(12)3/h11-15H,4-10H2,1-3H3/t11?,12-,13?,14?/m0/s1. The smallest absolute Gasteiger partial charge is 0.181 e. The van der Waals surface area contributed by atoms with E-state index in [9.17, 15) is 5.11 Å². The van der Waals surface area contributed by atoms with Crippen LogP contribution in [-0.2, 0) is 14.2 Å². The van der Waals surface area contributed by atoms with Crippen molar-refractivity contribution in [1.82, 2.24) is 0 Å². The lowest BCUT2D eigenvalue weighted by molar-refractivity contribution is -0.259. The quantitative estimate of drug-likeness (QED) is 0.681. The molecule has 1 heterocycles. The van der Waals surface area contributed by atoms with Crippen molar-refractivity contribution in [1.29, 1.82) is 0 Å². The van der Waals surface area contributed by atoms with E-state index in [1.165, 1.54) is 0 Å². The van der Waals surface area contributed by atoms with Crippen LogP contribution >= 0.6 is 0 Å². The Morgan fingerprint density at radius 3 is 2.17 bits per heavy atom. The van der Waals surface area contributed by atoms with E-state index in [-0.39, 0.29) is 18.3 Å². The Hall–Kier alpha value is -0.160. The minimum Gasteiger partial charge on any atom is -0.375 e. The molecule has 0 aliphatic carbocycles. The van der Waals surface area contributed by atoms with Gasteiger partial charge in [-0.3, -0.25) is 0 Å². The molecule has 1 saturated heterocycles. The molecule has 1 rings (SSSR count). The minimum atomic E-state index is -0.817. The number of unbranched alkanes of at least 4 members (excludes halogenated alkanes) is 2. The van der Waals surface area contributed by atoms with Gasteiger partial charge in [-0.25, -0.2) is 0 Å². The van der Waals surface area contributed by atoms with Gasteiger partial charge in [-0.1, -0.05) is 26.7 Å². The molecule has 4 heteroatoms. The average molecular weight is 260 g/mol. The van der Waals surface area contributed by atoms with Crippen molar-refractivity contribution in [2.75, 3.05) is 13.2 Å². The predicted octanol–water partition coefficient (Wildman–Crippen LogP) is 2.48. The second-order valence-electron chi connectivity index (χ2n) is 4.99. The van der Waals surface area contributed by atoms with E-state index in [1.54, 1.807) is 0 Å². The van der Waals surface area contributed by atoms with Gasteiger partial charge in [-0.15, -0.1) is 0 Å². The van der Waals surface area contributed by atoms with Crippen LogP contribution in [0, 0.1) is 0 Å². The van der Waals surface area contributed by atoms with Gasteiger partial charge in [0.2, 0.25) is 0 Å². The van der Waals surface area contributed by atoms with Gasteiger partial charge >= 0.3 is 0 Å². The van der Waals surface area contributed by atoms with Crippen LogP contribution in [0.5, 0.6) is 0 Å². The zero-order valence-electron chi connectivity index (χ0n) is 11.9. The average Bonchev–Trinajstić information content (AvgIpc) is 2.34. The maximum Gasteiger partial charge on any atom is 0.181 e. The van der Waals surface area contributed by atoms with Crippen LogP contribution in [0.4, 0.5) is 0 Å². The molecule has 0 amide bonds. The van der Waals surface area contributed by atoms with Crippen LogP contribution in [0.2, 0.25) is 0 Å². The molecule has 3 unspecified atom stereocenters. The van der Waals surface area contributed by atoms with E-state index in [1.807, 2.05) is 6.92 Å². The van der Waals surface area contributed by atoms with Crippen molar-refractivity contribution in [2.24, 2.45) is 0 Å². The SMILES string of the molecule is CCCCOC1C[C@H](OCCCC)C(C)OC1O. The molecule has 108 valence electrons. The molecule has 0 bridgehead atoms. The Kier molecular flexibility index (Phi) is 7.82. The maximum atomic E-state index is 9.83. The van der Waals surface area contributed by atoms with E-state index in [0.29, 0.717) is 6.61 Å². The zero-order valence-corrected chi connectivity index (χ0v) is 11.9. The fourth-order valence-corrected chi connectivity index (χ4v) is 2.04. The van der Waals surface area contributed by atoms with E-state index in [2.05, 4.69) is 13.8 Å². The fourth-order valence-electron chi connectivity index (χ4n) is 2.04. The van der Waals surface area contributed by atoms with Gasteiger partial charge in [0.05, 0.1) is 12.2 Å². The maximum absolute atomic E-state index is 9.83. The molecule has 0 aromatic heterocycles. The van der Waals surface area contributed by atoms with Crippen molar-refractivity contribution in [3.8, 4) is 0 Å². The van der Waals surface area contributed by atoms with Gasteiger partial charge in [0.25, 0.3) is 0 Å². The lowest BCUT2D eigenvalue weighted by Gasteiger charge is -2.37. The fraction of sp³-hybridized carbons (Fsp3) is 1.00. The second kappa shape index (κ2) is 8.86. The van der Waals surface area contributed by atoms with Gasteiger partial charge < -0.3 is 19.3 Å². The number of aliphatic hydroxyl groups excluding tert-OH is 1. The van der Waals surface area contributed by atoms with Crippen molar-refractivity contribution in [2.45, 2.75) is 77.5 Å². The zero-order chi connectivity index (χ0) is 13.4. The summed E-state index contributed by atoms with van der Waals surface area (Å²) in [5.74, 6) is 0. The molecular formula is C14H28O4. The molecule has 0 saturated carbocycles. The van der Waals surface area contributed by atoms with Gasteiger partial charge in [0, 0.05) is 19.6 Å². The Bertz CT molecular complexity index is 190. The number of rotatable bonds is 8. The normalized spacial score (nSPS) is 32.7. The van der Waals surface area contributed by atoms with Crippen LogP contribution in [0.15, 0.2) is 0 Å². The molecule has 0 radical (unpaired) electrons. The summed E-state index contributed by atoms with van der Waals surface area (Å²) < 4.78 is 16.9. The third kappa shape index (κ3) is 5.22. The Morgan fingerprint density at radius 2 is 1.61 bits per heavy atom. The summed E-state index contributed by atoms with van der Waals surface area (Å²) in [6.07, 6.45) is 3.91. The molecule has 4 nitrogen and oxygen atoms in total. The molecule has 1 fully saturated rings. The summed E-state index contributed by atoms with van der Waals surface area (Å²) in [6, 6.07) is 0. The Balaban J connectivity index is 2.34. The summed E-state index contributed by atoms with van der Waals surface area (Å²) in [6.45, 7) is 7.65. The van der Waals surface area contributed by atoms with E-state index in [0.717, 1.165) is 38.7 Å². The van der Waals surface area contributed by atoms with Crippen LogP contribution < -0.4 is 0 Å². The molecule has 4 atom stereocenters. The third-order valence-corrected chi connectivity index (χ3v) is 3.32. The van der Waals surface area contributed by atoms with Crippen LogP contribution in [0.25, 0.3) is 0 Å². The molecule has 18 heavy (non-hydrogen) atoms. The van der Waals surface area contributed by atoms with E-state index >= 15 is 0 Å². The summed E-state index contributed by atoms with van der Waals surface area (Å²) in [7, 11) is 0. The number of hydrogen-bond acceptors (Lipinski definition) is 4. The van der Waals surface area contributed by atoms with Crippen molar-refractivity contribution >= 4 is 0 Å². The number of hydrogen-bond donors (Lipinski definition) is 1. The second-order valence-corrected chi connectivity index (χ2v) is 4.99. The first-order valence-electron chi connectivity index (χ1n) is 7.25. The van der Waals surface area contributed by atoms with Crippen LogP contribution in [-0.4, -0.2) is 42.9 Å². The number of ether oxygens (including phenoxy) is 3. The highest BCUT2D eigenvalue weighted by molar-refractivity contribution is 4.80. The first-order valence-corrected chi connectivity index (χ1v) is 7.25. The van der Waals surface area contributed by atoms with Crippen molar-refractivity contribution in [3.63, 3.8) is 0 Å². The monoisotopic (exact) mass is 260 g/mol. The first-order chi connectivity index (χ1) is 8.69. The highest BCUT2D eigenvalue weighted by Crippen LogP contribution is 2.24.